The van der Waals surface area contributed by atoms with Crippen LogP contribution in [0, 0.1) is 13.8 Å². The number of para-hydroxylation sites is 1. The molecule has 0 saturated carbocycles. The van der Waals surface area contributed by atoms with Gasteiger partial charge in [0, 0.05) is 16.5 Å². The number of hydrazine groups is 1. The first kappa shape index (κ1) is 19.5. The number of nitrogens with zero attached hydrogens (tertiary/aromatic N) is 2. The van der Waals surface area contributed by atoms with Crippen LogP contribution in [0.2, 0.25) is 0 Å². The van der Waals surface area contributed by atoms with Crippen LogP contribution in [-0.2, 0) is 0 Å². The van der Waals surface area contributed by atoms with E-state index in [1.165, 1.54) is 0 Å². The first-order valence-electron chi connectivity index (χ1n) is 9.94. The quantitative estimate of drug-likeness (QED) is 0.416. The molecule has 5 aromatic rings. The highest BCUT2D eigenvalue weighted by molar-refractivity contribution is 6.08. The molecule has 8 nitrogen and oxygen atoms in total. The molecule has 3 aromatic heterocycles. The van der Waals surface area contributed by atoms with Crippen molar-refractivity contribution in [3.8, 4) is 11.3 Å². The van der Waals surface area contributed by atoms with Crippen molar-refractivity contribution in [1.82, 2.24) is 21.0 Å². The van der Waals surface area contributed by atoms with Crippen LogP contribution in [0.3, 0.4) is 0 Å². The van der Waals surface area contributed by atoms with Gasteiger partial charge in [0.1, 0.15) is 5.58 Å². The number of amides is 2. The number of hydrogen-bond donors (Lipinski definition) is 2. The minimum Gasteiger partial charge on any atom is -0.451 e. The lowest BCUT2D eigenvalue weighted by atomic mass is 10.1. The van der Waals surface area contributed by atoms with Gasteiger partial charge >= 0.3 is 5.91 Å². The van der Waals surface area contributed by atoms with E-state index < -0.39 is 11.8 Å². The molecule has 5 rings (SSSR count). The SMILES string of the molecule is Cc1c(C(=O)NNC(=O)c2cc(-c3ccccc3)nc3onc(C)c23)oc2ccccc12. The number of aryl methyl sites for hydroxylation is 2. The second kappa shape index (κ2) is 7.66. The third kappa shape index (κ3) is 3.27. The van der Waals surface area contributed by atoms with Crippen LogP contribution in [0.15, 0.2) is 69.6 Å². The summed E-state index contributed by atoms with van der Waals surface area (Å²) in [6.07, 6.45) is 0. The Balaban J connectivity index is 1.45. The van der Waals surface area contributed by atoms with Gasteiger partial charge in [-0.15, -0.1) is 0 Å². The summed E-state index contributed by atoms with van der Waals surface area (Å²) in [7, 11) is 0. The summed E-state index contributed by atoms with van der Waals surface area (Å²) in [5, 5.41) is 5.26. The highest BCUT2D eigenvalue weighted by atomic mass is 16.5. The summed E-state index contributed by atoms with van der Waals surface area (Å²) in [4.78, 5) is 30.2. The van der Waals surface area contributed by atoms with Crippen LogP contribution in [0.1, 0.15) is 32.2 Å². The molecule has 0 aliphatic rings. The van der Waals surface area contributed by atoms with Gasteiger partial charge in [0.2, 0.25) is 0 Å². The van der Waals surface area contributed by atoms with Crippen molar-refractivity contribution in [3.63, 3.8) is 0 Å². The maximum atomic E-state index is 13.0. The third-order valence-corrected chi connectivity index (χ3v) is 5.27. The molecule has 8 heteroatoms. The number of benzene rings is 2. The highest BCUT2D eigenvalue weighted by Crippen LogP contribution is 2.27. The average Bonchev–Trinajstić information content (AvgIpc) is 3.37. The van der Waals surface area contributed by atoms with Crippen LogP contribution in [-0.4, -0.2) is 22.0 Å². The largest absolute Gasteiger partial charge is 0.451 e. The highest BCUT2D eigenvalue weighted by Gasteiger charge is 2.22. The lowest BCUT2D eigenvalue weighted by Crippen LogP contribution is -2.41. The van der Waals surface area contributed by atoms with Crippen molar-refractivity contribution in [2.24, 2.45) is 0 Å². The Morgan fingerprint density at radius 1 is 0.906 bits per heavy atom. The van der Waals surface area contributed by atoms with Crippen molar-refractivity contribution < 1.29 is 18.5 Å². The molecule has 0 radical (unpaired) electrons. The summed E-state index contributed by atoms with van der Waals surface area (Å²) < 4.78 is 11.0. The van der Waals surface area contributed by atoms with E-state index in [1.807, 2.05) is 48.5 Å². The molecule has 2 aromatic carbocycles. The zero-order chi connectivity index (χ0) is 22.2. The Labute approximate surface area is 182 Å². The Morgan fingerprint density at radius 3 is 2.41 bits per heavy atom. The summed E-state index contributed by atoms with van der Waals surface area (Å²) in [5.74, 6) is -0.942. The van der Waals surface area contributed by atoms with Gasteiger partial charge < -0.3 is 8.94 Å². The van der Waals surface area contributed by atoms with Crippen molar-refractivity contribution in [3.05, 3.63) is 83.2 Å². The second-order valence-corrected chi connectivity index (χ2v) is 7.33. The van der Waals surface area contributed by atoms with Crippen LogP contribution in [0.4, 0.5) is 0 Å². The van der Waals surface area contributed by atoms with E-state index in [1.54, 1.807) is 26.0 Å². The standard InChI is InChI=1S/C24H18N4O4/c1-13-16-10-6-7-11-19(16)31-21(13)23(30)27-26-22(29)17-12-18(15-8-4-3-5-9-15)25-24-20(17)14(2)28-32-24/h3-12H,1-2H3,(H,26,29)(H,27,30). The fourth-order valence-corrected chi connectivity index (χ4v) is 3.66. The fourth-order valence-electron chi connectivity index (χ4n) is 3.66. The van der Waals surface area contributed by atoms with Gasteiger partial charge in [-0.1, -0.05) is 53.7 Å². The Bertz CT molecular complexity index is 1480. The van der Waals surface area contributed by atoms with E-state index in [4.69, 9.17) is 8.94 Å². The summed E-state index contributed by atoms with van der Waals surface area (Å²) in [6, 6.07) is 18.4. The van der Waals surface area contributed by atoms with Gasteiger partial charge in [0.05, 0.1) is 22.3 Å². The molecule has 0 fully saturated rings. The molecule has 2 N–H and O–H groups in total. The summed E-state index contributed by atoms with van der Waals surface area (Å²) in [6.45, 7) is 3.52. The third-order valence-electron chi connectivity index (χ3n) is 5.27. The fraction of sp³-hybridized carbons (Fsp3) is 0.0833. The van der Waals surface area contributed by atoms with Crippen LogP contribution in [0.5, 0.6) is 0 Å². The Morgan fingerprint density at radius 2 is 1.62 bits per heavy atom. The smallest absolute Gasteiger partial charge is 0.305 e. The number of pyridine rings is 1. The molecule has 2 amide bonds. The molecule has 3 heterocycles. The minimum atomic E-state index is -0.553. The number of rotatable bonds is 3. The van der Waals surface area contributed by atoms with Gasteiger partial charge in [0.15, 0.2) is 5.76 Å². The zero-order valence-electron chi connectivity index (χ0n) is 17.3. The van der Waals surface area contributed by atoms with Gasteiger partial charge in [0.25, 0.3) is 11.6 Å². The molecule has 0 aliphatic heterocycles. The number of nitrogens with one attached hydrogen (secondary N) is 2. The second-order valence-electron chi connectivity index (χ2n) is 7.33. The molecular formula is C24H18N4O4. The molecular weight excluding hydrogens is 408 g/mol. The predicted molar refractivity (Wildman–Crippen MR) is 118 cm³/mol. The van der Waals surface area contributed by atoms with Crippen LogP contribution < -0.4 is 10.9 Å². The van der Waals surface area contributed by atoms with Crippen LogP contribution in [0.25, 0.3) is 33.3 Å². The topological polar surface area (TPSA) is 110 Å². The van der Waals surface area contributed by atoms with Gasteiger partial charge in [-0.3, -0.25) is 20.4 Å². The molecule has 0 bridgehead atoms. The molecule has 158 valence electrons. The maximum absolute atomic E-state index is 13.0. The van der Waals surface area contributed by atoms with Gasteiger partial charge in [-0.25, -0.2) is 4.98 Å². The van der Waals surface area contributed by atoms with Crippen molar-refractivity contribution in [1.29, 1.82) is 0 Å². The van der Waals surface area contributed by atoms with Crippen molar-refractivity contribution in [2.45, 2.75) is 13.8 Å². The predicted octanol–water partition coefficient (Wildman–Crippen LogP) is 4.33. The zero-order valence-corrected chi connectivity index (χ0v) is 17.3. The van der Waals surface area contributed by atoms with E-state index in [2.05, 4.69) is 21.0 Å². The van der Waals surface area contributed by atoms with Crippen molar-refractivity contribution in [2.75, 3.05) is 0 Å². The molecule has 0 aliphatic carbocycles. The first-order chi connectivity index (χ1) is 15.5. The summed E-state index contributed by atoms with van der Waals surface area (Å²) >= 11 is 0. The Hall–Kier alpha value is -4.46. The molecule has 32 heavy (non-hydrogen) atoms. The Kier molecular flexibility index (Phi) is 4.67. The molecule has 0 unspecified atom stereocenters. The van der Waals surface area contributed by atoms with Gasteiger partial charge in [-0.2, -0.15) is 0 Å². The molecule has 0 atom stereocenters. The van der Waals surface area contributed by atoms with E-state index in [0.29, 0.717) is 27.9 Å². The van der Waals surface area contributed by atoms with E-state index in [-0.39, 0.29) is 17.0 Å². The number of aromatic nitrogens is 2. The number of fused-ring (bicyclic) bond motifs is 2. The lowest BCUT2D eigenvalue weighted by Gasteiger charge is -2.09. The first-order valence-corrected chi connectivity index (χ1v) is 9.94. The monoisotopic (exact) mass is 426 g/mol. The maximum Gasteiger partial charge on any atom is 0.305 e. The van der Waals surface area contributed by atoms with Crippen molar-refractivity contribution >= 4 is 33.9 Å². The van der Waals surface area contributed by atoms with Gasteiger partial charge in [-0.05, 0) is 26.0 Å². The number of furan rings is 1. The molecule has 0 saturated heterocycles. The number of hydrogen-bond acceptors (Lipinski definition) is 6. The summed E-state index contributed by atoms with van der Waals surface area (Å²) in [5.41, 5.74) is 8.62. The normalized spacial score (nSPS) is 11.1. The number of carbonyl (C=O) groups excluding carboxylic acids is 2. The molecule has 0 spiro atoms. The van der Waals surface area contributed by atoms with E-state index >= 15 is 0 Å². The van der Waals surface area contributed by atoms with Crippen LogP contribution >= 0.6 is 0 Å². The average molecular weight is 426 g/mol. The van der Waals surface area contributed by atoms with E-state index in [0.717, 1.165) is 10.9 Å². The lowest BCUT2D eigenvalue weighted by molar-refractivity contribution is 0.0832. The van der Waals surface area contributed by atoms with E-state index in [9.17, 15) is 9.59 Å². The number of carbonyl (C=O) groups is 2. The minimum absolute atomic E-state index is 0.137.